The lowest BCUT2D eigenvalue weighted by molar-refractivity contribution is 0.111. The third-order valence-electron chi connectivity index (χ3n) is 0.620. The number of aromatic nitrogens is 3. The van der Waals surface area contributed by atoms with Gasteiger partial charge < -0.3 is 5.21 Å². The summed E-state index contributed by atoms with van der Waals surface area (Å²) in [5.74, 6) is 0. The summed E-state index contributed by atoms with van der Waals surface area (Å²) in [6.07, 6.45) is 1.60. The molecule has 0 unspecified atom stereocenters. The largest absolute Gasteiger partial charge is 0.410 e. The van der Waals surface area contributed by atoms with E-state index in [0.717, 1.165) is 6.20 Å². The van der Waals surface area contributed by atoms with Crippen LogP contribution in [0.4, 0.5) is 0 Å². The molecule has 0 bridgehead atoms. The highest BCUT2D eigenvalue weighted by Gasteiger charge is 1.92. The quantitative estimate of drug-likeness (QED) is 0.387. The lowest BCUT2D eigenvalue weighted by Crippen LogP contribution is -1.88. The molecular weight excluding hydrogens is 110 g/mol. The van der Waals surface area contributed by atoms with Gasteiger partial charge in [-0.05, 0) is 5.21 Å². The molecule has 0 radical (unpaired) electrons. The summed E-state index contributed by atoms with van der Waals surface area (Å²) in [5, 5.41) is 14.7. The highest BCUT2D eigenvalue weighted by atomic mass is 16.5. The van der Waals surface area contributed by atoms with Gasteiger partial charge in [0.2, 0.25) is 0 Å². The van der Waals surface area contributed by atoms with Crippen LogP contribution in [0.2, 0.25) is 0 Å². The molecule has 1 aromatic rings. The van der Waals surface area contributed by atoms with Gasteiger partial charge in [-0.15, -0.1) is 5.10 Å². The molecule has 1 N–H and O–H groups in total. The van der Waals surface area contributed by atoms with Gasteiger partial charge >= 0.3 is 0 Å². The molecule has 0 aliphatic rings. The Bertz CT molecular complexity index is 194. The zero-order valence-corrected chi connectivity index (χ0v) is 3.85. The maximum atomic E-state index is 9.79. The Morgan fingerprint density at radius 3 is 2.88 bits per heavy atom. The summed E-state index contributed by atoms with van der Waals surface area (Å²) in [4.78, 5) is 10.3. The van der Waals surface area contributed by atoms with Crippen LogP contribution in [0.1, 0.15) is 10.5 Å². The zero-order valence-electron chi connectivity index (χ0n) is 3.85. The average Bonchev–Trinajstić information content (AvgIpc) is 2.14. The Kier molecular flexibility index (Phi) is 0.957. The molecule has 5 heteroatoms. The standard InChI is InChI=1S/C3H3N3O2/c7-2-3-1-6(8)5-4-3/h1-2,8H. The van der Waals surface area contributed by atoms with Crippen molar-refractivity contribution in [3.63, 3.8) is 0 Å². The third-order valence-corrected chi connectivity index (χ3v) is 0.620. The van der Waals surface area contributed by atoms with Gasteiger partial charge in [-0.2, -0.15) is 0 Å². The lowest BCUT2D eigenvalue weighted by atomic mass is 10.6. The number of nitrogens with zero attached hydrogens (tertiary/aromatic N) is 3. The van der Waals surface area contributed by atoms with E-state index in [2.05, 4.69) is 10.3 Å². The van der Waals surface area contributed by atoms with Gasteiger partial charge in [-0.1, -0.05) is 4.85 Å². The molecule has 0 fully saturated rings. The van der Waals surface area contributed by atoms with Gasteiger partial charge in [-0.3, -0.25) is 4.79 Å². The van der Waals surface area contributed by atoms with E-state index in [1.54, 1.807) is 0 Å². The van der Waals surface area contributed by atoms with E-state index in [0.29, 0.717) is 11.1 Å². The minimum absolute atomic E-state index is 0.118. The predicted molar refractivity (Wildman–Crippen MR) is 22.6 cm³/mol. The van der Waals surface area contributed by atoms with E-state index < -0.39 is 0 Å². The van der Waals surface area contributed by atoms with Crippen molar-refractivity contribution >= 4 is 6.29 Å². The van der Waals surface area contributed by atoms with Crippen LogP contribution >= 0.6 is 0 Å². The zero-order chi connectivity index (χ0) is 5.98. The van der Waals surface area contributed by atoms with Crippen LogP contribution in [-0.2, 0) is 0 Å². The minimum atomic E-state index is 0.118. The molecular formula is C3H3N3O2. The fourth-order valence-corrected chi connectivity index (χ4v) is 0.321. The Balaban J connectivity index is 3.00. The van der Waals surface area contributed by atoms with Crippen molar-refractivity contribution in [3.8, 4) is 0 Å². The molecule has 0 saturated heterocycles. The molecule has 1 rings (SSSR count). The molecule has 1 heterocycles. The van der Waals surface area contributed by atoms with E-state index >= 15 is 0 Å². The molecule has 0 aliphatic heterocycles. The van der Waals surface area contributed by atoms with Crippen LogP contribution in [0.5, 0.6) is 0 Å². The average molecular weight is 113 g/mol. The highest BCUT2D eigenvalue weighted by molar-refractivity contribution is 5.70. The molecule has 0 saturated carbocycles. The van der Waals surface area contributed by atoms with Crippen LogP contribution in [-0.4, -0.2) is 26.7 Å². The van der Waals surface area contributed by atoms with Crippen molar-refractivity contribution in [2.45, 2.75) is 0 Å². The summed E-state index contributed by atoms with van der Waals surface area (Å²) in [6.45, 7) is 0. The first-order valence-electron chi connectivity index (χ1n) is 1.89. The fourth-order valence-electron chi connectivity index (χ4n) is 0.321. The van der Waals surface area contributed by atoms with Crippen molar-refractivity contribution in [2.24, 2.45) is 0 Å². The van der Waals surface area contributed by atoms with Crippen molar-refractivity contribution in [1.29, 1.82) is 0 Å². The summed E-state index contributed by atoms with van der Waals surface area (Å²) in [7, 11) is 0. The maximum absolute atomic E-state index is 9.79. The summed E-state index contributed by atoms with van der Waals surface area (Å²) in [6, 6.07) is 0. The fraction of sp³-hybridized carbons (Fsp3) is 0. The predicted octanol–water partition coefficient (Wildman–Crippen LogP) is -0.672. The van der Waals surface area contributed by atoms with Gasteiger partial charge in [0.15, 0.2) is 6.29 Å². The first-order valence-corrected chi connectivity index (χ1v) is 1.89. The number of aldehydes is 1. The highest BCUT2D eigenvalue weighted by Crippen LogP contribution is 1.81. The molecule has 0 spiro atoms. The molecule has 0 atom stereocenters. The number of carbonyl (C=O) groups excluding carboxylic acids is 1. The Morgan fingerprint density at radius 1 is 1.88 bits per heavy atom. The molecule has 0 amide bonds. The van der Waals surface area contributed by atoms with Gasteiger partial charge in [-0.25, -0.2) is 0 Å². The van der Waals surface area contributed by atoms with Crippen LogP contribution in [0.15, 0.2) is 6.20 Å². The van der Waals surface area contributed by atoms with E-state index in [4.69, 9.17) is 5.21 Å². The molecule has 42 valence electrons. The number of rotatable bonds is 1. The minimum Gasteiger partial charge on any atom is -0.410 e. The lowest BCUT2D eigenvalue weighted by Gasteiger charge is -1.74. The molecule has 1 aromatic heterocycles. The van der Waals surface area contributed by atoms with Crippen LogP contribution < -0.4 is 0 Å². The van der Waals surface area contributed by atoms with Crippen LogP contribution in [0.25, 0.3) is 0 Å². The van der Waals surface area contributed by atoms with Crippen molar-refractivity contribution < 1.29 is 10.0 Å². The maximum Gasteiger partial charge on any atom is 0.172 e. The van der Waals surface area contributed by atoms with E-state index in [1.165, 1.54) is 0 Å². The Hall–Kier alpha value is -1.39. The number of hydrogen-bond donors (Lipinski definition) is 1. The second-order valence-corrected chi connectivity index (χ2v) is 1.18. The van der Waals surface area contributed by atoms with Crippen LogP contribution in [0.3, 0.4) is 0 Å². The SMILES string of the molecule is O=Cc1cn(O)nn1. The van der Waals surface area contributed by atoms with Crippen molar-refractivity contribution in [2.75, 3.05) is 0 Å². The van der Waals surface area contributed by atoms with E-state index in [-0.39, 0.29) is 5.69 Å². The van der Waals surface area contributed by atoms with E-state index in [9.17, 15) is 4.79 Å². The topological polar surface area (TPSA) is 68.0 Å². The monoisotopic (exact) mass is 113 g/mol. The molecule has 0 aliphatic carbocycles. The smallest absolute Gasteiger partial charge is 0.172 e. The summed E-state index contributed by atoms with van der Waals surface area (Å²) in [5.41, 5.74) is 0.118. The van der Waals surface area contributed by atoms with Gasteiger partial charge in [0.1, 0.15) is 5.69 Å². The Morgan fingerprint density at radius 2 is 2.62 bits per heavy atom. The second kappa shape index (κ2) is 1.61. The number of hydrogen-bond acceptors (Lipinski definition) is 4. The second-order valence-electron chi connectivity index (χ2n) is 1.18. The first-order chi connectivity index (χ1) is 3.83. The molecule has 5 nitrogen and oxygen atoms in total. The van der Waals surface area contributed by atoms with Crippen molar-refractivity contribution in [3.05, 3.63) is 11.9 Å². The first kappa shape index (κ1) is 4.76. The van der Waals surface area contributed by atoms with Crippen LogP contribution in [0, 0.1) is 0 Å². The third kappa shape index (κ3) is 0.651. The van der Waals surface area contributed by atoms with Crippen molar-refractivity contribution in [1.82, 2.24) is 15.2 Å². The van der Waals surface area contributed by atoms with Gasteiger partial charge in [0.25, 0.3) is 0 Å². The Labute approximate surface area is 44.5 Å². The van der Waals surface area contributed by atoms with E-state index in [1.807, 2.05) is 0 Å². The van der Waals surface area contributed by atoms with Gasteiger partial charge in [0, 0.05) is 0 Å². The normalized spacial score (nSPS) is 9.00. The number of carbonyl (C=O) groups is 1. The molecule has 8 heavy (non-hydrogen) atoms. The molecule has 0 aromatic carbocycles. The summed E-state index contributed by atoms with van der Waals surface area (Å²) < 4.78 is 0. The summed E-state index contributed by atoms with van der Waals surface area (Å²) >= 11 is 0. The van der Waals surface area contributed by atoms with Gasteiger partial charge in [0.05, 0.1) is 6.20 Å².